The Kier molecular flexibility index (Phi) is 5.90. The second-order valence-corrected chi connectivity index (χ2v) is 11.3. The molecule has 0 saturated heterocycles. The van der Waals surface area contributed by atoms with Gasteiger partial charge in [-0.25, -0.2) is 4.98 Å². The summed E-state index contributed by atoms with van der Waals surface area (Å²) in [5, 5.41) is 2.44. The van der Waals surface area contributed by atoms with Crippen molar-refractivity contribution in [3.05, 3.63) is 145 Å². The van der Waals surface area contributed by atoms with E-state index >= 15 is 0 Å². The summed E-state index contributed by atoms with van der Waals surface area (Å²) in [5.41, 5.74) is 10.6. The molecule has 7 aromatic rings. The number of benzene rings is 4. The van der Waals surface area contributed by atoms with E-state index < -0.39 is 0 Å². The Labute approximate surface area is 251 Å². The van der Waals surface area contributed by atoms with Crippen molar-refractivity contribution in [2.24, 2.45) is 0 Å². The standard InChI is InChI=1S/C39H32N4/c1-3-39(4-2)31-14-6-8-17-35(31)42(37-25-27(19-22-32(37)39)33-15-9-11-23-40-33)28-20-21-30-29-13-5-7-16-34(29)43(36(30)26-28)38-18-10-12-24-41-38/h5-26H,3-4H2,1-2H3. The number of pyridine rings is 2. The molecule has 0 radical (unpaired) electrons. The Morgan fingerprint density at radius 1 is 0.581 bits per heavy atom. The number of rotatable bonds is 5. The third-order valence-corrected chi connectivity index (χ3v) is 9.38. The van der Waals surface area contributed by atoms with Gasteiger partial charge in [0.05, 0.1) is 28.1 Å². The van der Waals surface area contributed by atoms with Crippen LogP contribution in [-0.4, -0.2) is 14.5 Å². The van der Waals surface area contributed by atoms with E-state index in [1.165, 1.54) is 33.3 Å². The number of fused-ring (bicyclic) bond motifs is 5. The van der Waals surface area contributed by atoms with Crippen LogP contribution in [0.25, 0.3) is 38.9 Å². The topological polar surface area (TPSA) is 34.0 Å². The maximum absolute atomic E-state index is 4.76. The van der Waals surface area contributed by atoms with Crippen molar-refractivity contribution in [2.75, 3.05) is 4.90 Å². The Morgan fingerprint density at radius 2 is 1.30 bits per heavy atom. The third-order valence-electron chi connectivity index (χ3n) is 9.38. The molecule has 0 N–H and O–H groups in total. The second kappa shape index (κ2) is 9.95. The maximum Gasteiger partial charge on any atom is 0.137 e. The normalized spacial score (nSPS) is 13.7. The number of hydrogen-bond donors (Lipinski definition) is 0. The molecule has 4 nitrogen and oxygen atoms in total. The predicted octanol–water partition coefficient (Wildman–Crippen LogP) is 10.1. The zero-order chi connectivity index (χ0) is 29.0. The van der Waals surface area contributed by atoms with E-state index in [2.05, 4.69) is 133 Å². The minimum Gasteiger partial charge on any atom is -0.310 e. The van der Waals surface area contributed by atoms with E-state index in [4.69, 9.17) is 9.97 Å². The summed E-state index contributed by atoms with van der Waals surface area (Å²) in [6.45, 7) is 4.65. The Balaban J connectivity index is 1.43. The van der Waals surface area contributed by atoms with Gasteiger partial charge in [-0.1, -0.05) is 80.6 Å². The molecule has 8 rings (SSSR count). The number of hydrogen-bond acceptors (Lipinski definition) is 3. The van der Waals surface area contributed by atoms with Gasteiger partial charge in [0.15, 0.2) is 0 Å². The van der Waals surface area contributed by atoms with Crippen LogP contribution in [0.2, 0.25) is 0 Å². The molecule has 43 heavy (non-hydrogen) atoms. The Morgan fingerprint density at radius 3 is 2.09 bits per heavy atom. The van der Waals surface area contributed by atoms with E-state index in [1.807, 2.05) is 24.5 Å². The van der Waals surface area contributed by atoms with Crippen molar-refractivity contribution >= 4 is 38.9 Å². The summed E-state index contributed by atoms with van der Waals surface area (Å²) in [4.78, 5) is 11.9. The summed E-state index contributed by atoms with van der Waals surface area (Å²) in [6, 6.07) is 43.6. The minimum absolute atomic E-state index is 0.0714. The molecule has 0 unspecified atom stereocenters. The van der Waals surface area contributed by atoms with E-state index in [1.54, 1.807) is 0 Å². The van der Waals surface area contributed by atoms with E-state index in [-0.39, 0.29) is 5.41 Å². The van der Waals surface area contributed by atoms with Crippen LogP contribution < -0.4 is 4.90 Å². The van der Waals surface area contributed by atoms with Gasteiger partial charge in [0, 0.05) is 39.8 Å². The first-order valence-electron chi connectivity index (χ1n) is 15.1. The molecule has 0 bridgehead atoms. The highest BCUT2D eigenvalue weighted by Crippen LogP contribution is 2.55. The average Bonchev–Trinajstić information content (AvgIpc) is 3.41. The van der Waals surface area contributed by atoms with Gasteiger partial charge in [-0.15, -0.1) is 0 Å². The first-order chi connectivity index (χ1) is 21.2. The van der Waals surface area contributed by atoms with Crippen molar-refractivity contribution in [1.82, 2.24) is 14.5 Å². The van der Waals surface area contributed by atoms with Crippen LogP contribution in [0.1, 0.15) is 37.8 Å². The SMILES string of the molecule is CCC1(CC)c2ccccc2N(c2ccc3c4ccccc4n(-c4ccccn4)c3c2)c2cc(-c3ccccn3)ccc21. The molecule has 0 spiro atoms. The fraction of sp³-hybridized carbons (Fsp3) is 0.128. The summed E-state index contributed by atoms with van der Waals surface area (Å²) in [5.74, 6) is 0.915. The smallest absolute Gasteiger partial charge is 0.137 e. The second-order valence-electron chi connectivity index (χ2n) is 11.3. The molecular formula is C39H32N4. The van der Waals surface area contributed by atoms with Gasteiger partial charge in [-0.3, -0.25) is 9.55 Å². The van der Waals surface area contributed by atoms with Crippen molar-refractivity contribution in [3.8, 4) is 17.1 Å². The lowest BCUT2D eigenvalue weighted by Crippen LogP contribution is -2.34. The van der Waals surface area contributed by atoms with Gasteiger partial charge < -0.3 is 4.90 Å². The molecule has 4 aromatic carbocycles. The molecule has 1 aliphatic heterocycles. The average molecular weight is 557 g/mol. The molecule has 4 heterocycles. The third kappa shape index (κ3) is 3.76. The van der Waals surface area contributed by atoms with Gasteiger partial charge >= 0.3 is 0 Å². The van der Waals surface area contributed by atoms with Gasteiger partial charge in [-0.2, -0.15) is 0 Å². The monoisotopic (exact) mass is 556 g/mol. The highest BCUT2D eigenvalue weighted by molar-refractivity contribution is 6.10. The molecule has 4 heteroatoms. The van der Waals surface area contributed by atoms with Gasteiger partial charge in [0.25, 0.3) is 0 Å². The fourth-order valence-corrected chi connectivity index (χ4v) is 7.28. The lowest BCUT2D eigenvalue weighted by atomic mass is 9.67. The number of para-hydroxylation sites is 2. The summed E-state index contributed by atoms with van der Waals surface area (Å²) >= 11 is 0. The summed E-state index contributed by atoms with van der Waals surface area (Å²) in [6.07, 6.45) is 5.79. The van der Waals surface area contributed by atoms with E-state index in [0.717, 1.165) is 46.6 Å². The zero-order valence-electron chi connectivity index (χ0n) is 24.4. The largest absolute Gasteiger partial charge is 0.310 e. The molecule has 208 valence electrons. The quantitative estimate of drug-likeness (QED) is 0.211. The van der Waals surface area contributed by atoms with E-state index in [0.29, 0.717) is 0 Å². The highest BCUT2D eigenvalue weighted by atomic mass is 15.2. The number of nitrogens with zero attached hydrogens (tertiary/aromatic N) is 4. The molecule has 1 aliphatic rings. The van der Waals surface area contributed by atoms with Crippen molar-refractivity contribution in [2.45, 2.75) is 32.1 Å². The zero-order valence-corrected chi connectivity index (χ0v) is 24.4. The number of aromatic nitrogens is 3. The molecule has 0 saturated carbocycles. The number of anilines is 3. The lowest BCUT2D eigenvalue weighted by Gasteiger charge is -2.45. The predicted molar refractivity (Wildman–Crippen MR) is 178 cm³/mol. The molecule has 0 aliphatic carbocycles. The van der Waals surface area contributed by atoms with Gasteiger partial charge in [-0.05, 0) is 78.6 Å². The van der Waals surface area contributed by atoms with Gasteiger partial charge in [0.1, 0.15) is 5.82 Å². The molecule has 0 fully saturated rings. The van der Waals surface area contributed by atoms with Crippen LogP contribution >= 0.6 is 0 Å². The Bertz CT molecular complexity index is 2110. The first kappa shape index (κ1) is 25.5. The Hall–Kier alpha value is -5.22. The van der Waals surface area contributed by atoms with Crippen molar-refractivity contribution < 1.29 is 0 Å². The van der Waals surface area contributed by atoms with Crippen LogP contribution in [0, 0.1) is 0 Å². The highest BCUT2D eigenvalue weighted by Gasteiger charge is 2.41. The molecular weight excluding hydrogens is 524 g/mol. The summed E-state index contributed by atoms with van der Waals surface area (Å²) in [7, 11) is 0. The lowest BCUT2D eigenvalue weighted by molar-refractivity contribution is 0.474. The fourth-order valence-electron chi connectivity index (χ4n) is 7.28. The van der Waals surface area contributed by atoms with E-state index in [9.17, 15) is 0 Å². The van der Waals surface area contributed by atoms with Gasteiger partial charge in [0.2, 0.25) is 0 Å². The van der Waals surface area contributed by atoms with Crippen LogP contribution in [-0.2, 0) is 5.41 Å². The molecule has 0 amide bonds. The van der Waals surface area contributed by atoms with Crippen LogP contribution in [0.15, 0.2) is 134 Å². The summed E-state index contributed by atoms with van der Waals surface area (Å²) < 4.78 is 2.29. The van der Waals surface area contributed by atoms with Crippen LogP contribution in [0.4, 0.5) is 17.1 Å². The van der Waals surface area contributed by atoms with Crippen molar-refractivity contribution in [3.63, 3.8) is 0 Å². The minimum atomic E-state index is -0.0714. The molecule has 0 atom stereocenters. The van der Waals surface area contributed by atoms with Crippen molar-refractivity contribution in [1.29, 1.82) is 0 Å². The van der Waals surface area contributed by atoms with Crippen LogP contribution in [0.5, 0.6) is 0 Å². The first-order valence-corrected chi connectivity index (χ1v) is 15.1. The molecule has 3 aromatic heterocycles. The van der Waals surface area contributed by atoms with Crippen LogP contribution in [0.3, 0.4) is 0 Å². The maximum atomic E-state index is 4.76.